The van der Waals surface area contributed by atoms with Gasteiger partial charge in [-0.05, 0) is 31.5 Å². The van der Waals surface area contributed by atoms with Crippen molar-refractivity contribution in [2.75, 3.05) is 44.0 Å². The fourth-order valence-corrected chi connectivity index (χ4v) is 2.75. The zero-order chi connectivity index (χ0) is 20.4. The summed E-state index contributed by atoms with van der Waals surface area (Å²) >= 11 is 3.52. The summed E-state index contributed by atoms with van der Waals surface area (Å²) in [6.07, 6.45) is 3.79. The van der Waals surface area contributed by atoms with Crippen molar-refractivity contribution < 1.29 is 14.3 Å². The van der Waals surface area contributed by atoms with Gasteiger partial charge in [0.25, 0.3) is 0 Å². The van der Waals surface area contributed by atoms with Crippen molar-refractivity contribution in [3.8, 4) is 5.75 Å². The number of anilines is 2. The third-order valence-corrected chi connectivity index (χ3v) is 4.80. The van der Waals surface area contributed by atoms with E-state index in [4.69, 9.17) is 9.47 Å². The van der Waals surface area contributed by atoms with Gasteiger partial charge in [-0.3, -0.25) is 9.78 Å². The predicted octanol–water partition coefficient (Wildman–Crippen LogP) is 2.52. The molecule has 2 aromatic rings. The van der Waals surface area contributed by atoms with Crippen LogP contribution in [0.2, 0.25) is 0 Å². The number of hydrogen-bond donors (Lipinski definition) is 3. The summed E-state index contributed by atoms with van der Waals surface area (Å²) in [5.41, 5.74) is 2.97. The fourth-order valence-electron chi connectivity index (χ4n) is 2.41. The molecule has 1 atom stereocenters. The minimum Gasteiger partial charge on any atom is -0.489 e. The van der Waals surface area contributed by atoms with Crippen molar-refractivity contribution >= 4 is 33.8 Å². The van der Waals surface area contributed by atoms with Gasteiger partial charge in [0.15, 0.2) is 5.82 Å². The summed E-state index contributed by atoms with van der Waals surface area (Å²) < 4.78 is 12.5. The molecule has 8 nitrogen and oxygen atoms in total. The second-order valence-electron chi connectivity index (χ2n) is 6.16. The lowest BCUT2D eigenvalue weighted by atomic mass is 10.2. The van der Waals surface area contributed by atoms with Gasteiger partial charge in [-0.25, -0.2) is 4.98 Å². The van der Waals surface area contributed by atoms with E-state index in [1.807, 2.05) is 26.1 Å². The van der Waals surface area contributed by atoms with Crippen LogP contribution in [-0.4, -0.2) is 55.8 Å². The second kappa shape index (κ2) is 11.6. The number of benzene rings is 1. The smallest absolute Gasteiger partial charge is 0.212 e. The van der Waals surface area contributed by atoms with Crippen LogP contribution in [0.3, 0.4) is 0 Å². The molecule has 9 heteroatoms. The number of carbonyl (C=O) groups excluding carboxylic acids is 1. The van der Waals surface area contributed by atoms with Crippen molar-refractivity contribution in [3.05, 3.63) is 40.3 Å². The van der Waals surface area contributed by atoms with Gasteiger partial charge < -0.3 is 25.4 Å². The SMILES string of the molecule is CNc1cc(Br)c(C)cc1OC[C@@H]1CNCCO1.Cc1cnc(NC=O)cn1. The van der Waals surface area contributed by atoms with Crippen LogP contribution in [0, 0.1) is 13.8 Å². The predicted molar refractivity (Wildman–Crippen MR) is 113 cm³/mol. The molecule has 1 aliphatic heterocycles. The Labute approximate surface area is 173 Å². The molecule has 0 saturated carbocycles. The van der Waals surface area contributed by atoms with Crippen molar-refractivity contribution in [1.29, 1.82) is 0 Å². The first kappa shape index (κ1) is 22.1. The lowest BCUT2D eigenvalue weighted by Crippen LogP contribution is -2.41. The van der Waals surface area contributed by atoms with Crippen LogP contribution < -0.4 is 20.7 Å². The number of halogens is 1. The highest BCUT2D eigenvalue weighted by atomic mass is 79.9. The van der Waals surface area contributed by atoms with Crippen LogP contribution in [0.5, 0.6) is 5.75 Å². The fraction of sp³-hybridized carbons (Fsp3) is 0.421. The largest absolute Gasteiger partial charge is 0.489 e. The van der Waals surface area contributed by atoms with E-state index in [1.54, 1.807) is 6.20 Å². The van der Waals surface area contributed by atoms with E-state index in [0.29, 0.717) is 18.8 Å². The van der Waals surface area contributed by atoms with Gasteiger partial charge in [0.1, 0.15) is 18.5 Å². The number of carbonyl (C=O) groups is 1. The number of ether oxygens (including phenoxy) is 2. The second-order valence-corrected chi connectivity index (χ2v) is 7.02. The molecule has 0 bridgehead atoms. The first-order valence-electron chi connectivity index (χ1n) is 8.95. The normalized spacial score (nSPS) is 15.8. The molecule has 152 valence electrons. The monoisotopic (exact) mass is 451 g/mol. The Balaban J connectivity index is 0.000000237. The molecule has 1 aromatic heterocycles. The average molecular weight is 452 g/mol. The van der Waals surface area contributed by atoms with Gasteiger partial charge in [-0.1, -0.05) is 15.9 Å². The molecule has 1 aromatic carbocycles. The number of morpholine rings is 1. The molecule has 0 unspecified atom stereocenters. The molecule has 1 amide bonds. The number of nitrogens with zero attached hydrogens (tertiary/aromatic N) is 2. The molecule has 1 saturated heterocycles. The number of rotatable bonds is 6. The van der Waals surface area contributed by atoms with Crippen molar-refractivity contribution in [2.45, 2.75) is 20.0 Å². The maximum absolute atomic E-state index is 9.88. The molecular weight excluding hydrogens is 426 g/mol. The quantitative estimate of drug-likeness (QED) is 0.580. The van der Waals surface area contributed by atoms with Gasteiger partial charge in [0.05, 0.1) is 30.4 Å². The zero-order valence-electron chi connectivity index (χ0n) is 16.3. The van der Waals surface area contributed by atoms with Crippen LogP contribution in [0.25, 0.3) is 0 Å². The molecule has 0 spiro atoms. The number of hydrogen-bond acceptors (Lipinski definition) is 7. The number of aromatic nitrogens is 2. The van der Waals surface area contributed by atoms with Crippen LogP contribution in [0.15, 0.2) is 29.0 Å². The van der Waals surface area contributed by atoms with E-state index in [0.717, 1.165) is 46.9 Å². The van der Waals surface area contributed by atoms with Gasteiger partial charge in [-0.2, -0.15) is 0 Å². The lowest BCUT2D eigenvalue weighted by Gasteiger charge is -2.24. The molecule has 1 aliphatic rings. The minimum absolute atomic E-state index is 0.132. The van der Waals surface area contributed by atoms with Crippen molar-refractivity contribution in [2.24, 2.45) is 0 Å². The van der Waals surface area contributed by atoms with Crippen LogP contribution >= 0.6 is 15.9 Å². The van der Waals surface area contributed by atoms with E-state index >= 15 is 0 Å². The van der Waals surface area contributed by atoms with Gasteiger partial charge in [-0.15, -0.1) is 0 Å². The highest BCUT2D eigenvalue weighted by molar-refractivity contribution is 9.10. The number of aryl methyl sites for hydroxylation is 2. The molecule has 3 N–H and O–H groups in total. The topological polar surface area (TPSA) is 97.4 Å². The van der Waals surface area contributed by atoms with Gasteiger partial charge >= 0.3 is 0 Å². The van der Waals surface area contributed by atoms with Crippen LogP contribution in [-0.2, 0) is 9.53 Å². The molecule has 1 fully saturated rings. The Morgan fingerprint density at radius 2 is 2.18 bits per heavy atom. The molecule has 3 rings (SSSR count). The Morgan fingerprint density at radius 1 is 1.36 bits per heavy atom. The third kappa shape index (κ3) is 7.06. The summed E-state index contributed by atoms with van der Waals surface area (Å²) in [5.74, 6) is 1.34. The zero-order valence-corrected chi connectivity index (χ0v) is 17.9. The molecule has 28 heavy (non-hydrogen) atoms. The van der Waals surface area contributed by atoms with E-state index in [1.165, 1.54) is 6.20 Å². The first-order chi connectivity index (χ1) is 13.5. The summed E-state index contributed by atoms with van der Waals surface area (Å²) in [5, 5.41) is 8.81. The third-order valence-electron chi connectivity index (χ3n) is 3.95. The summed E-state index contributed by atoms with van der Waals surface area (Å²) in [6, 6.07) is 4.07. The lowest BCUT2D eigenvalue weighted by molar-refractivity contribution is -0.105. The molecule has 0 aliphatic carbocycles. The number of nitrogens with one attached hydrogen (secondary N) is 3. The molecule has 2 heterocycles. The maximum Gasteiger partial charge on any atom is 0.212 e. The van der Waals surface area contributed by atoms with Crippen LogP contribution in [0.4, 0.5) is 11.5 Å². The molecular formula is C19H26BrN5O3. The first-order valence-corrected chi connectivity index (χ1v) is 9.74. The molecule has 0 radical (unpaired) electrons. The Morgan fingerprint density at radius 3 is 2.79 bits per heavy atom. The Kier molecular flexibility index (Phi) is 9.12. The Hall–Kier alpha value is -2.23. The summed E-state index contributed by atoms with van der Waals surface area (Å²) in [4.78, 5) is 17.7. The number of amides is 1. The van der Waals surface area contributed by atoms with Crippen molar-refractivity contribution in [3.63, 3.8) is 0 Å². The van der Waals surface area contributed by atoms with E-state index in [9.17, 15) is 4.79 Å². The van der Waals surface area contributed by atoms with E-state index < -0.39 is 0 Å². The average Bonchev–Trinajstić information content (AvgIpc) is 2.72. The van der Waals surface area contributed by atoms with Gasteiger partial charge in [0.2, 0.25) is 6.41 Å². The highest BCUT2D eigenvalue weighted by Gasteiger charge is 2.15. The van der Waals surface area contributed by atoms with Crippen molar-refractivity contribution in [1.82, 2.24) is 15.3 Å². The standard InChI is InChI=1S/C13H19BrN2O2.C6H7N3O/c1-9-5-13(12(15-2)6-11(9)14)18-8-10-7-16-3-4-17-10;1-5-2-8-6(3-7-5)9-4-10/h5-6,10,15-16H,3-4,7-8H2,1-2H3;2-4H,1H3,(H,8,9,10)/t10-;/m0./s1. The van der Waals surface area contributed by atoms with Gasteiger partial charge in [0, 0.05) is 24.6 Å². The highest BCUT2D eigenvalue weighted by Crippen LogP contribution is 2.31. The van der Waals surface area contributed by atoms with E-state index in [2.05, 4.69) is 48.8 Å². The minimum atomic E-state index is 0.132. The van der Waals surface area contributed by atoms with E-state index in [-0.39, 0.29) is 6.10 Å². The van der Waals surface area contributed by atoms with Crippen LogP contribution in [0.1, 0.15) is 11.3 Å². The maximum atomic E-state index is 9.88. The summed E-state index contributed by atoms with van der Waals surface area (Å²) in [7, 11) is 1.89. The Bertz CT molecular complexity index is 752. The summed E-state index contributed by atoms with van der Waals surface area (Å²) in [6.45, 7) is 6.99.